The summed E-state index contributed by atoms with van der Waals surface area (Å²) in [6.07, 6.45) is 2.59. The number of anilines is 1. The van der Waals surface area contributed by atoms with E-state index in [1.165, 1.54) is 12.1 Å². The molecular formula is C13H13FN2O2. The van der Waals surface area contributed by atoms with Crippen LogP contribution in [-0.2, 0) is 4.79 Å². The average Bonchev–Trinajstić information content (AvgIpc) is 3.14. The molecule has 5 heteroatoms. The third kappa shape index (κ3) is 2.98. The van der Waals surface area contributed by atoms with Crippen LogP contribution in [0.1, 0.15) is 24.8 Å². The number of benzene rings is 1. The third-order valence-corrected chi connectivity index (χ3v) is 2.99. The van der Waals surface area contributed by atoms with Crippen molar-refractivity contribution in [3.8, 4) is 6.07 Å². The summed E-state index contributed by atoms with van der Waals surface area (Å²) in [6.45, 7) is 0. The second kappa shape index (κ2) is 5.05. The van der Waals surface area contributed by atoms with E-state index in [9.17, 15) is 9.18 Å². The van der Waals surface area contributed by atoms with Crippen LogP contribution >= 0.6 is 0 Å². The molecule has 1 aliphatic carbocycles. The summed E-state index contributed by atoms with van der Waals surface area (Å²) in [6, 6.07) is 5.01. The van der Waals surface area contributed by atoms with Crippen molar-refractivity contribution in [2.75, 3.05) is 5.32 Å². The van der Waals surface area contributed by atoms with Crippen LogP contribution in [0, 0.1) is 23.1 Å². The fourth-order valence-electron chi connectivity index (χ4n) is 1.80. The molecule has 1 aliphatic rings. The van der Waals surface area contributed by atoms with Crippen LogP contribution in [0.5, 0.6) is 0 Å². The Labute approximate surface area is 104 Å². The molecule has 1 atom stereocenters. The molecule has 4 nitrogen and oxygen atoms in total. The maximum atomic E-state index is 13.6. The number of carboxylic acids is 1. The zero-order chi connectivity index (χ0) is 13.1. The fourth-order valence-corrected chi connectivity index (χ4v) is 1.80. The minimum absolute atomic E-state index is 0.127. The maximum absolute atomic E-state index is 13.6. The number of halogens is 1. The monoisotopic (exact) mass is 248 g/mol. The highest BCUT2D eigenvalue weighted by Gasteiger charge is 2.29. The van der Waals surface area contributed by atoms with E-state index >= 15 is 0 Å². The van der Waals surface area contributed by atoms with E-state index in [2.05, 4.69) is 5.32 Å². The number of nitriles is 1. The van der Waals surface area contributed by atoms with Gasteiger partial charge in [0.1, 0.15) is 11.9 Å². The second-order valence-corrected chi connectivity index (χ2v) is 4.52. The molecule has 2 rings (SSSR count). The van der Waals surface area contributed by atoms with Gasteiger partial charge in [-0.3, -0.25) is 0 Å². The Hall–Kier alpha value is -2.09. The van der Waals surface area contributed by atoms with Gasteiger partial charge in [-0.2, -0.15) is 5.26 Å². The molecular weight excluding hydrogens is 235 g/mol. The number of hydrogen-bond donors (Lipinski definition) is 2. The number of nitrogens with zero attached hydrogens (tertiary/aromatic N) is 1. The van der Waals surface area contributed by atoms with Gasteiger partial charge < -0.3 is 10.4 Å². The lowest BCUT2D eigenvalue weighted by molar-refractivity contribution is -0.138. The predicted molar refractivity (Wildman–Crippen MR) is 63.5 cm³/mol. The highest BCUT2D eigenvalue weighted by Crippen LogP contribution is 2.34. The Bertz CT molecular complexity index is 506. The van der Waals surface area contributed by atoms with Gasteiger partial charge in [0, 0.05) is 0 Å². The molecule has 0 spiro atoms. The van der Waals surface area contributed by atoms with E-state index < -0.39 is 17.8 Å². The van der Waals surface area contributed by atoms with E-state index in [-0.39, 0.29) is 11.3 Å². The Morgan fingerprint density at radius 1 is 1.61 bits per heavy atom. The first-order valence-electron chi connectivity index (χ1n) is 5.79. The first-order chi connectivity index (χ1) is 8.60. The van der Waals surface area contributed by atoms with Crippen LogP contribution in [0.25, 0.3) is 0 Å². The van der Waals surface area contributed by atoms with Gasteiger partial charge in [0.25, 0.3) is 0 Å². The molecule has 1 unspecified atom stereocenters. The fraction of sp³-hybridized carbons (Fsp3) is 0.385. The van der Waals surface area contributed by atoms with Crippen LogP contribution in [0.4, 0.5) is 10.1 Å². The highest BCUT2D eigenvalue weighted by atomic mass is 19.1. The largest absolute Gasteiger partial charge is 0.480 e. The first kappa shape index (κ1) is 12.4. The molecule has 0 heterocycles. The van der Waals surface area contributed by atoms with Gasteiger partial charge in [-0.1, -0.05) is 12.8 Å². The van der Waals surface area contributed by atoms with Crippen LogP contribution in [-0.4, -0.2) is 17.1 Å². The molecule has 1 aromatic rings. The lowest BCUT2D eigenvalue weighted by Crippen LogP contribution is -2.30. The molecule has 0 bridgehead atoms. The number of aliphatic carboxylic acids is 1. The molecule has 1 aromatic carbocycles. The minimum Gasteiger partial charge on any atom is -0.480 e. The molecule has 2 N–H and O–H groups in total. The summed E-state index contributed by atoms with van der Waals surface area (Å²) in [5.74, 6) is -1.15. The molecule has 1 fully saturated rings. The Morgan fingerprint density at radius 2 is 2.33 bits per heavy atom. The number of carboxylic acid groups (broad SMARTS) is 1. The van der Waals surface area contributed by atoms with Crippen molar-refractivity contribution in [3.05, 3.63) is 29.6 Å². The maximum Gasteiger partial charge on any atom is 0.326 e. The van der Waals surface area contributed by atoms with Gasteiger partial charge in [0.05, 0.1) is 17.3 Å². The number of carbonyl (C=O) groups is 1. The molecule has 1 saturated carbocycles. The third-order valence-electron chi connectivity index (χ3n) is 2.99. The summed E-state index contributed by atoms with van der Waals surface area (Å²) < 4.78 is 13.6. The van der Waals surface area contributed by atoms with Gasteiger partial charge in [0.15, 0.2) is 0 Å². The zero-order valence-electron chi connectivity index (χ0n) is 9.69. The van der Waals surface area contributed by atoms with Gasteiger partial charge >= 0.3 is 5.97 Å². The van der Waals surface area contributed by atoms with Crippen LogP contribution in [0.2, 0.25) is 0 Å². The molecule has 18 heavy (non-hydrogen) atoms. The Morgan fingerprint density at radius 3 is 2.83 bits per heavy atom. The minimum atomic E-state index is -0.981. The van der Waals surface area contributed by atoms with E-state index in [1.807, 2.05) is 6.07 Å². The predicted octanol–water partition coefficient (Wildman–Crippen LogP) is 2.36. The van der Waals surface area contributed by atoms with Crippen molar-refractivity contribution in [2.24, 2.45) is 5.92 Å². The Balaban J connectivity index is 2.10. The summed E-state index contributed by atoms with van der Waals surface area (Å²) in [7, 11) is 0. The topological polar surface area (TPSA) is 73.1 Å². The lowest BCUT2D eigenvalue weighted by atomic mass is 10.1. The number of nitrogens with one attached hydrogen (secondary N) is 1. The summed E-state index contributed by atoms with van der Waals surface area (Å²) >= 11 is 0. The summed E-state index contributed by atoms with van der Waals surface area (Å²) in [4.78, 5) is 11.1. The van der Waals surface area contributed by atoms with Crippen molar-refractivity contribution < 1.29 is 14.3 Å². The molecule has 94 valence electrons. The van der Waals surface area contributed by atoms with Gasteiger partial charge in [-0.25, -0.2) is 9.18 Å². The zero-order valence-corrected chi connectivity index (χ0v) is 9.69. The summed E-state index contributed by atoms with van der Waals surface area (Å²) in [5.41, 5.74) is 0.342. The van der Waals surface area contributed by atoms with Crippen molar-refractivity contribution in [1.82, 2.24) is 0 Å². The Kier molecular flexibility index (Phi) is 3.47. The molecule has 0 saturated heterocycles. The van der Waals surface area contributed by atoms with Crippen molar-refractivity contribution >= 4 is 11.7 Å². The standard InChI is InChI=1S/C13H13FN2O2/c14-10-5-9(7-15)3-4-11(10)16-12(13(17)18)6-8-1-2-8/h3-5,8,12,16H,1-2,6H2,(H,17,18). The quantitative estimate of drug-likeness (QED) is 0.839. The van der Waals surface area contributed by atoms with Gasteiger partial charge in [-0.15, -0.1) is 0 Å². The average molecular weight is 248 g/mol. The highest BCUT2D eigenvalue weighted by molar-refractivity contribution is 5.77. The van der Waals surface area contributed by atoms with Gasteiger partial charge in [0.2, 0.25) is 0 Å². The van der Waals surface area contributed by atoms with E-state index in [0.717, 1.165) is 18.9 Å². The second-order valence-electron chi connectivity index (χ2n) is 4.52. The summed E-state index contributed by atoms with van der Waals surface area (Å²) in [5, 5.41) is 20.4. The smallest absolute Gasteiger partial charge is 0.326 e. The number of rotatable bonds is 5. The molecule has 0 aromatic heterocycles. The SMILES string of the molecule is N#Cc1ccc(NC(CC2CC2)C(=O)O)c(F)c1. The lowest BCUT2D eigenvalue weighted by Gasteiger charge is -2.15. The van der Waals surface area contributed by atoms with Crippen LogP contribution in [0.3, 0.4) is 0 Å². The van der Waals surface area contributed by atoms with Crippen LogP contribution < -0.4 is 5.32 Å². The first-order valence-corrected chi connectivity index (χ1v) is 5.79. The van der Waals surface area contributed by atoms with E-state index in [0.29, 0.717) is 12.3 Å². The molecule has 0 radical (unpaired) electrons. The van der Waals surface area contributed by atoms with Crippen molar-refractivity contribution in [2.45, 2.75) is 25.3 Å². The van der Waals surface area contributed by atoms with Gasteiger partial charge in [-0.05, 0) is 30.5 Å². The normalized spacial score (nSPS) is 15.8. The van der Waals surface area contributed by atoms with E-state index in [4.69, 9.17) is 10.4 Å². The molecule has 0 amide bonds. The number of hydrogen-bond acceptors (Lipinski definition) is 3. The van der Waals surface area contributed by atoms with Crippen molar-refractivity contribution in [1.29, 1.82) is 5.26 Å². The van der Waals surface area contributed by atoms with Crippen LogP contribution in [0.15, 0.2) is 18.2 Å². The van der Waals surface area contributed by atoms with Crippen molar-refractivity contribution in [3.63, 3.8) is 0 Å². The van der Waals surface area contributed by atoms with E-state index in [1.54, 1.807) is 0 Å². The molecule has 0 aliphatic heterocycles.